The van der Waals surface area contributed by atoms with Crippen molar-refractivity contribution in [3.63, 3.8) is 0 Å². The molecule has 1 saturated carbocycles. The summed E-state index contributed by atoms with van der Waals surface area (Å²) >= 11 is 0. The molecule has 0 spiro atoms. The summed E-state index contributed by atoms with van der Waals surface area (Å²) in [5.74, 6) is 2.48. The molecule has 1 aliphatic carbocycles. The van der Waals surface area contributed by atoms with Crippen LogP contribution in [0.25, 0.3) is 22.3 Å². The number of carbonyl (C=O) groups excluding carboxylic acids is 1. The zero-order chi connectivity index (χ0) is 25.0. The molecule has 0 unspecified atom stereocenters. The van der Waals surface area contributed by atoms with Crippen molar-refractivity contribution in [2.75, 3.05) is 19.5 Å². The highest BCUT2D eigenvalue weighted by molar-refractivity contribution is 6.08. The third kappa shape index (κ3) is 3.47. The molecule has 6 rings (SSSR count). The first-order valence-corrected chi connectivity index (χ1v) is 12.0. The van der Waals surface area contributed by atoms with Crippen LogP contribution in [0.2, 0.25) is 0 Å². The third-order valence-electron chi connectivity index (χ3n) is 6.79. The molecular formula is C26H27N5O5. The summed E-state index contributed by atoms with van der Waals surface area (Å²) in [6, 6.07) is 5.75. The standard InChI is InChI=1S/C26H27N5O5/c1-13(2)31-17-11-35-26(32)21-22(30-36-23(21)14-5-6-14)19(17)20-24(28-12-29-25(20)31)27-10-15-7-8-16(33-3)9-18(15)34-4/h7-9,12-14H,5-6,10-11H2,1-4H3,(H,27,28,29). The summed E-state index contributed by atoms with van der Waals surface area (Å²) in [7, 11) is 3.25. The van der Waals surface area contributed by atoms with E-state index in [2.05, 4.69) is 38.9 Å². The Kier molecular flexibility index (Phi) is 5.31. The Hall–Kier alpha value is -4.08. The number of rotatable bonds is 7. The number of ether oxygens (including phenoxy) is 3. The number of anilines is 1. The van der Waals surface area contributed by atoms with Crippen LogP contribution in [0.4, 0.5) is 5.82 Å². The van der Waals surface area contributed by atoms with Crippen LogP contribution in [0.15, 0.2) is 29.0 Å². The number of hydrogen-bond acceptors (Lipinski definition) is 9. The first-order valence-electron chi connectivity index (χ1n) is 12.0. The minimum atomic E-state index is -0.401. The monoisotopic (exact) mass is 489 g/mol. The van der Waals surface area contributed by atoms with E-state index in [1.807, 2.05) is 18.2 Å². The lowest BCUT2D eigenvalue weighted by atomic mass is 10.0. The zero-order valence-corrected chi connectivity index (χ0v) is 20.6. The molecule has 4 aromatic rings. The highest BCUT2D eigenvalue weighted by Gasteiger charge is 2.40. The van der Waals surface area contributed by atoms with Crippen LogP contribution in [0.5, 0.6) is 11.5 Å². The number of benzene rings is 1. The maximum absolute atomic E-state index is 13.0. The van der Waals surface area contributed by atoms with E-state index in [4.69, 9.17) is 18.7 Å². The molecule has 1 N–H and O–H groups in total. The molecule has 0 radical (unpaired) electrons. The van der Waals surface area contributed by atoms with Crippen LogP contribution in [-0.4, -0.2) is 39.9 Å². The van der Waals surface area contributed by atoms with Gasteiger partial charge in [-0.2, -0.15) is 0 Å². The molecule has 3 aromatic heterocycles. The lowest BCUT2D eigenvalue weighted by Gasteiger charge is -2.14. The summed E-state index contributed by atoms with van der Waals surface area (Å²) in [6.07, 6.45) is 3.50. The van der Waals surface area contributed by atoms with Crippen molar-refractivity contribution in [1.29, 1.82) is 0 Å². The van der Waals surface area contributed by atoms with Crippen molar-refractivity contribution in [1.82, 2.24) is 19.7 Å². The minimum Gasteiger partial charge on any atom is -0.497 e. The van der Waals surface area contributed by atoms with Gasteiger partial charge in [-0.05, 0) is 38.8 Å². The van der Waals surface area contributed by atoms with E-state index < -0.39 is 5.97 Å². The van der Waals surface area contributed by atoms with Crippen LogP contribution in [0.1, 0.15) is 66.0 Å². The molecule has 4 heterocycles. The minimum absolute atomic E-state index is 0.0655. The molecule has 1 aliphatic heterocycles. The summed E-state index contributed by atoms with van der Waals surface area (Å²) < 4.78 is 24.4. The van der Waals surface area contributed by atoms with Crippen LogP contribution in [-0.2, 0) is 17.9 Å². The first kappa shape index (κ1) is 22.4. The number of fused-ring (bicyclic) bond motifs is 5. The van der Waals surface area contributed by atoms with Gasteiger partial charge in [-0.3, -0.25) is 0 Å². The number of methoxy groups -OCH3 is 2. The van der Waals surface area contributed by atoms with E-state index in [-0.39, 0.29) is 18.6 Å². The number of nitrogens with one attached hydrogen (secondary N) is 1. The molecule has 10 nitrogen and oxygen atoms in total. The molecule has 1 aromatic carbocycles. The second kappa shape index (κ2) is 8.54. The van der Waals surface area contributed by atoms with E-state index in [9.17, 15) is 4.79 Å². The molecule has 0 saturated heterocycles. The topological polar surface area (TPSA) is 114 Å². The Labute approximate surface area is 207 Å². The van der Waals surface area contributed by atoms with Crippen molar-refractivity contribution < 1.29 is 23.5 Å². The quantitative estimate of drug-likeness (QED) is 0.364. The van der Waals surface area contributed by atoms with E-state index in [1.54, 1.807) is 20.5 Å². The van der Waals surface area contributed by atoms with Crippen LogP contribution < -0.4 is 14.8 Å². The fraction of sp³-hybridized carbons (Fsp3) is 0.385. The fourth-order valence-electron chi connectivity index (χ4n) is 4.95. The SMILES string of the molecule is COc1ccc(CNc2ncnc3c2c2c(n3C(C)C)COC(=O)c3c-2noc3C2CC2)c(OC)c1. The number of aromatic nitrogens is 4. The van der Waals surface area contributed by atoms with Gasteiger partial charge >= 0.3 is 5.97 Å². The average Bonchev–Trinajstić information content (AvgIpc) is 3.57. The molecule has 186 valence electrons. The van der Waals surface area contributed by atoms with E-state index in [1.165, 1.54) is 0 Å². The summed E-state index contributed by atoms with van der Waals surface area (Å²) in [5.41, 5.74) is 4.21. The summed E-state index contributed by atoms with van der Waals surface area (Å²) in [6.45, 7) is 4.72. The van der Waals surface area contributed by atoms with Gasteiger partial charge in [-0.25, -0.2) is 14.8 Å². The van der Waals surface area contributed by atoms with Gasteiger partial charge in [0.05, 0.1) is 25.3 Å². The zero-order valence-electron chi connectivity index (χ0n) is 20.6. The molecule has 36 heavy (non-hydrogen) atoms. The normalized spacial score (nSPS) is 14.9. The lowest BCUT2D eigenvalue weighted by molar-refractivity contribution is 0.0466. The van der Waals surface area contributed by atoms with Crippen molar-refractivity contribution in [3.05, 3.63) is 47.1 Å². The largest absolute Gasteiger partial charge is 0.497 e. The highest BCUT2D eigenvalue weighted by Crippen LogP contribution is 2.48. The predicted molar refractivity (Wildman–Crippen MR) is 131 cm³/mol. The van der Waals surface area contributed by atoms with Crippen LogP contribution in [0.3, 0.4) is 0 Å². The van der Waals surface area contributed by atoms with Gasteiger partial charge in [0.25, 0.3) is 0 Å². The Bertz CT molecular complexity index is 1480. The van der Waals surface area contributed by atoms with Gasteiger partial charge in [-0.1, -0.05) is 5.16 Å². The van der Waals surface area contributed by atoms with Crippen molar-refractivity contribution in [2.45, 2.75) is 51.8 Å². The Morgan fingerprint density at radius 1 is 1.17 bits per heavy atom. The third-order valence-corrected chi connectivity index (χ3v) is 6.79. The fourth-order valence-corrected chi connectivity index (χ4v) is 4.95. The number of nitrogens with zero attached hydrogens (tertiary/aromatic N) is 4. The van der Waals surface area contributed by atoms with Crippen LogP contribution in [0, 0.1) is 0 Å². The molecule has 10 heteroatoms. The number of carbonyl (C=O) groups is 1. The first-order chi connectivity index (χ1) is 17.5. The highest BCUT2D eigenvalue weighted by atomic mass is 16.5. The number of esters is 1. The summed E-state index contributed by atoms with van der Waals surface area (Å²) in [4.78, 5) is 22.2. The van der Waals surface area contributed by atoms with Gasteiger partial charge in [0.15, 0.2) is 5.76 Å². The average molecular weight is 490 g/mol. The summed E-state index contributed by atoms with van der Waals surface area (Å²) in [5, 5.41) is 8.63. The molecule has 2 aliphatic rings. The van der Waals surface area contributed by atoms with E-state index in [0.29, 0.717) is 40.9 Å². The van der Waals surface area contributed by atoms with E-state index >= 15 is 0 Å². The lowest BCUT2D eigenvalue weighted by Crippen LogP contribution is -2.10. The second-order valence-corrected chi connectivity index (χ2v) is 9.36. The molecule has 0 bridgehead atoms. The van der Waals surface area contributed by atoms with Gasteiger partial charge in [0.1, 0.15) is 47.2 Å². The van der Waals surface area contributed by atoms with Gasteiger partial charge in [0, 0.05) is 35.7 Å². The number of hydrogen-bond donors (Lipinski definition) is 1. The van der Waals surface area contributed by atoms with E-state index in [0.717, 1.165) is 40.7 Å². The molecule has 1 fully saturated rings. The molecular weight excluding hydrogens is 462 g/mol. The predicted octanol–water partition coefficient (Wildman–Crippen LogP) is 4.84. The Balaban J connectivity index is 1.51. The van der Waals surface area contributed by atoms with Crippen molar-refractivity contribution in [3.8, 4) is 22.8 Å². The van der Waals surface area contributed by atoms with Crippen molar-refractivity contribution in [2.24, 2.45) is 0 Å². The van der Waals surface area contributed by atoms with Gasteiger partial charge in [-0.15, -0.1) is 0 Å². The number of cyclic esters (lactones) is 1. The maximum Gasteiger partial charge on any atom is 0.344 e. The second-order valence-electron chi connectivity index (χ2n) is 9.36. The molecule has 0 amide bonds. The Morgan fingerprint density at radius 2 is 2.00 bits per heavy atom. The maximum atomic E-state index is 13.0. The molecule has 0 atom stereocenters. The smallest absolute Gasteiger partial charge is 0.344 e. The van der Waals surface area contributed by atoms with Crippen molar-refractivity contribution >= 4 is 22.8 Å². The van der Waals surface area contributed by atoms with Gasteiger partial charge < -0.3 is 28.6 Å². The van der Waals surface area contributed by atoms with Gasteiger partial charge in [0.2, 0.25) is 0 Å². The van der Waals surface area contributed by atoms with Crippen LogP contribution >= 0.6 is 0 Å². The Morgan fingerprint density at radius 3 is 2.72 bits per heavy atom.